The van der Waals surface area contributed by atoms with E-state index in [1.165, 1.54) is 6.07 Å². The van der Waals surface area contributed by atoms with E-state index in [1.807, 2.05) is 24.3 Å². The molecule has 1 atom stereocenters. The number of aryl methyl sites for hydroxylation is 1. The summed E-state index contributed by atoms with van der Waals surface area (Å²) in [6, 6.07) is 12.8. The Morgan fingerprint density at radius 2 is 1.88 bits per heavy atom. The highest BCUT2D eigenvalue weighted by molar-refractivity contribution is 7.99. The third kappa shape index (κ3) is 4.17. The molecule has 134 valence electrons. The van der Waals surface area contributed by atoms with E-state index in [9.17, 15) is 8.42 Å². The van der Waals surface area contributed by atoms with Gasteiger partial charge in [-0.15, -0.1) is 0 Å². The molecule has 1 aliphatic rings. The van der Waals surface area contributed by atoms with E-state index >= 15 is 0 Å². The molecule has 1 fully saturated rings. The molecular formula is C18H19Cl2NO2S2. The van der Waals surface area contributed by atoms with Gasteiger partial charge in [0, 0.05) is 34.1 Å². The first-order chi connectivity index (χ1) is 11.9. The van der Waals surface area contributed by atoms with E-state index in [4.69, 9.17) is 23.2 Å². The molecule has 1 saturated heterocycles. The lowest BCUT2D eigenvalue weighted by Gasteiger charge is -2.21. The van der Waals surface area contributed by atoms with Gasteiger partial charge < -0.3 is 0 Å². The van der Waals surface area contributed by atoms with Gasteiger partial charge in [-0.3, -0.25) is 0 Å². The topological polar surface area (TPSA) is 37.4 Å². The molecule has 7 heteroatoms. The van der Waals surface area contributed by atoms with Crippen molar-refractivity contribution in [3.05, 3.63) is 63.6 Å². The Morgan fingerprint density at radius 3 is 2.64 bits per heavy atom. The summed E-state index contributed by atoms with van der Waals surface area (Å²) >= 11 is 14.1. The van der Waals surface area contributed by atoms with Crippen LogP contribution in [0.3, 0.4) is 0 Å². The Bertz CT molecular complexity index is 871. The molecule has 2 aromatic rings. The van der Waals surface area contributed by atoms with Crippen molar-refractivity contribution >= 4 is 45.0 Å². The van der Waals surface area contributed by atoms with Gasteiger partial charge in [0.25, 0.3) is 0 Å². The predicted octanol–water partition coefficient (Wildman–Crippen LogP) is 5.17. The quantitative estimate of drug-likeness (QED) is 0.693. The molecule has 0 spiro atoms. The maximum atomic E-state index is 13.1. The molecule has 1 unspecified atom stereocenters. The molecule has 1 heterocycles. The molecule has 0 amide bonds. The minimum atomic E-state index is -3.55. The Labute approximate surface area is 163 Å². The highest BCUT2D eigenvalue weighted by Crippen LogP contribution is 2.38. The Hall–Kier alpha value is -0.720. The van der Waals surface area contributed by atoms with Crippen molar-refractivity contribution in [2.45, 2.75) is 23.5 Å². The molecule has 3 rings (SSSR count). The number of nitrogens with zero attached hydrogens (tertiary/aromatic N) is 1. The molecule has 0 bridgehead atoms. The normalized spacial score (nSPS) is 19.6. The molecule has 2 aromatic carbocycles. The van der Waals surface area contributed by atoms with Gasteiger partial charge in [0.1, 0.15) is 0 Å². The Kier molecular flexibility index (Phi) is 6.01. The second kappa shape index (κ2) is 7.89. The third-order valence-corrected chi connectivity index (χ3v) is 8.25. The fraction of sp³-hybridized carbons (Fsp3) is 0.333. The van der Waals surface area contributed by atoms with Gasteiger partial charge in [0.2, 0.25) is 10.0 Å². The van der Waals surface area contributed by atoms with Gasteiger partial charge in [-0.2, -0.15) is 16.1 Å². The highest BCUT2D eigenvalue weighted by atomic mass is 35.5. The molecule has 0 saturated carbocycles. The average molecular weight is 416 g/mol. The number of hydrogen-bond acceptors (Lipinski definition) is 3. The smallest absolute Gasteiger partial charge is 0.207 e. The molecule has 0 radical (unpaired) electrons. The number of thioether (sulfide) groups is 1. The van der Waals surface area contributed by atoms with Crippen LogP contribution in [-0.2, 0) is 10.0 Å². The number of rotatable bonds is 3. The van der Waals surface area contributed by atoms with Crippen molar-refractivity contribution in [1.29, 1.82) is 0 Å². The minimum Gasteiger partial charge on any atom is -0.207 e. The van der Waals surface area contributed by atoms with E-state index in [-0.39, 0.29) is 5.25 Å². The summed E-state index contributed by atoms with van der Waals surface area (Å²) in [7, 11) is -3.55. The van der Waals surface area contributed by atoms with Crippen LogP contribution in [0.2, 0.25) is 10.0 Å². The Balaban J connectivity index is 1.83. The van der Waals surface area contributed by atoms with E-state index < -0.39 is 10.0 Å². The van der Waals surface area contributed by atoms with Crippen LogP contribution in [0.5, 0.6) is 0 Å². The van der Waals surface area contributed by atoms with Crippen molar-refractivity contribution < 1.29 is 8.42 Å². The zero-order valence-electron chi connectivity index (χ0n) is 13.8. The van der Waals surface area contributed by atoms with Crippen LogP contribution >= 0.6 is 35.0 Å². The van der Waals surface area contributed by atoms with Crippen molar-refractivity contribution in [3.8, 4) is 0 Å². The van der Waals surface area contributed by atoms with E-state index in [2.05, 4.69) is 0 Å². The van der Waals surface area contributed by atoms with Crippen molar-refractivity contribution in [1.82, 2.24) is 4.31 Å². The fourth-order valence-electron chi connectivity index (χ4n) is 2.97. The van der Waals surface area contributed by atoms with E-state index in [0.29, 0.717) is 28.6 Å². The van der Waals surface area contributed by atoms with Crippen LogP contribution in [0, 0.1) is 6.92 Å². The fourth-order valence-corrected chi connectivity index (χ4v) is 6.62. The summed E-state index contributed by atoms with van der Waals surface area (Å²) in [6.07, 6.45) is 0.729. The second-order valence-electron chi connectivity index (χ2n) is 5.98. The third-order valence-electron chi connectivity index (χ3n) is 4.32. The summed E-state index contributed by atoms with van der Waals surface area (Å²) < 4.78 is 27.7. The first-order valence-corrected chi connectivity index (χ1v) is 11.3. The van der Waals surface area contributed by atoms with Gasteiger partial charge in [0.15, 0.2) is 0 Å². The van der Waals surface area contributed by atoms with Crippen LogP contribution < -0.4 is 0 Å². The van der Waals surface area contributed by atoms with E-state index in [0.717, 1.165) is 22.8 Å². The van der Waals surface area contributed by atoms with Gasteiger partial charge in [-0.25, -0.2) is 8.42 Å². The second-order valence-corrected chi connectivity index (χ2v) is 10.0. The number of hydrogen-bond donors (Lipinski definition) is 0. The summed E-state index contributed by atoms with van der Waals surface area (Å²) in [4.78, 5) is 0.293. The van der Waals surface area contributed by atoms with Crippen LogP contribution in [0.4, 0.5) is 0 Å². The minimum absolute atomic E-state index is 0.203. The SMILES string of the molecule is Cc1ccc(Cl)cc1S(=O)(=O)N1CCSC(c2ccccc2Cl)CC1. The summed E-state index contributed by atoms with van der Waals surface area (Å²) in [5.74, 6) is 0.731. The lowest BCUT2D eigenvalue weighted by molar-refractivity contribution is 0.427. The molecular weight excluding hydrogens is 397 g/mol. The number of benzene rings is 2. The van der Waals surface area contributed by atoms with Crippen LogP contribution in [0.1, 0.15) is 22.8 Å². The maximum Gasteiger partial charge on any atom is 0.243 e. The highest BCUT2D eigenvalue weighted by Gasteiger charge is 2.30. The van der Waals surface area contributed by atoms with Crippen molar-refractivity contribution in [2.24, 2.45) is 0 Å². The van der Waals surface area contributed by atoms with Crippen LogP contribution in [0.15, 0.2) is 47.4 Å². The van der Waals surface area contributed by atoms with Crippen molar-refractivity contribution in [3.63, 3.8) is 0 Å². The van der Waals surface area contributed by atoms with Crippen molar-refractivity contribution in [2.75, 3.05) is 18.8 Å². The van der Waals surface area contributed by atoms with Gasteiger partial charge in [0.05, 0.1) is 4.90 Å². The molecule has 25 heavy (non-hydrogen) atoms. The summed E-state index contributed by atoms with van der Waals surface area (Å²) in [5, 5.41) is 1.37. The monoisotopic (exact) mass is 415 g/mol. The van der Waals surface area contributed by atoms with Crippen LogP contribution in [-0.4, -0.2) is 31.6 Å². The largest absolute Gasteiger partial charge is 0.243 e. The number of sulfonamides is 1. The molecule has 1 aliphatic heterocycles. The zero-order chi connectivity index (χ0) is 18.0. The molecule has 3 nitrogen and oxygen atoms in total. The van der Waals surface area contributed by atoms with Gasteiger partial charge in [-0.1, -0.05) is 47.5 Å². The van der Waals surface area contributed by atoms with Gasteiger partial charge in [-0.05, 0) is 42.7 Å². The zero-order valence-corrected chi connectivity index (χ0v) is 16.9. The summed E-state index contributed by atoms with van der Waals surface area (Å²) in [5.41, 5.74) is 1.79. The maximum absolute atomic E-state index is 13.1. The van der Waals surface area contributed by atoms with Gasteiger partial charge >= 0.3 is 0 Å². The molecule has 0 N–H and O–H groups in total. The predicted molar refractivity (Wildman–Crippen MR) is 106 cm³/mol. The van der Waals surface area contributed by atoms with E-state index in [1.54, 1.807) is 35.1 Å². The molecule has 0 aliphatic carbocycles. The lowest BCUT2D eigenvalue weighted by Crippen LogP contribution is -2.33. The average Bonchev–Trinajstić information content (AvgIpc) is 2.84. The Morgan fingerprint density at radius 1 is 1.12 bits per heavy atom. The number of halogens is 2. The van der Waals surface area contributed by atoms with Crippen LogP contribution in [0.25, 0.3) is 0 Å². The first kappa shape index (κ1) is 19.1. The first-order valence-electron chi connectivity index (χ1n) is 8.02. The molecule has 0 aromatic heterocycles. The standard InChI is InChI=1S/C18H19Cl2NO2S2/c1-13-6-7-14(19)12-18(13)25(22,23)21-9-8-17(24-11-10-21)15-4-2-3-5-16(15)20/h2-7,12,17H,8-11H2,1H3. The lowest BCUT2D eigenvalue weighted by atomic mass is 10.1. The summed E-state index contributed by atoms with van der Waals surface area (Å²) in [6.45, 7) is 2.75.